The summed E-state index contributed by atoms with van der Waals surface area (Å²) in [6.07, 6.45) is 6.24. The van der Waals surface area contributed by atoms with Crippen molar-refractivity contribution in [2.45, 2.75) is 44.8 Å². The minimum absolute atomic E-state index is 0.123. The number of methoxy groups -OCH3 is 1. The topological polar surface area (TPSA) is 42.4 Å². The summed E-state index contributed by atoms with van der Waals surface area (Å²) in [5, 5.41) is 1.02. The van der Waals surface area contributed by atoms with Crippen LogP contribution >= 0.6 is 0 Å². The van der Waals surface area contributed by atoms with E-state index >= 15 is 0 Å². The van der Waals surface area contributed by atoms with Crippen LogP contribution in [-0.4, -0.2) is 41.6 Å². The van der Waals surface area contributed by atoms with Crippen LogP contribution in [0.2, 0.25) is 0 Å². The molecule has 4 heteroatoms. The maximum atomic E-state index is 13.1. The van der Waals surface area contributed by atoms with Gasteiger partial charge in [0.25, 0.3) is 5.91 Å². The number of para-hydroxylation sites is 1. The largest absolute Gasteiger partial charge is 0.381 e. The van der Waals surface area contributed by atoms with Gasteiger partial charge in [0.1, 0.15) is 0 Å². The van der Waals surface area contributed by atoms with Crippen molar-refractivity contribution < 1.29 is 9.53 Å². The average Bonchev–Trinajstić information content (AvgIpc) is 2.96. The summed E-state index contributed by atoms with van der Waals surface area (Å²) >= 11 is 0. The normalized spacial score (nSPS) is 29.7. The molecular formula is C20H24N2O2. The molecule has 1 saturated heterocycles. The van der Waals surface area contributed by atoms with Crippen LogP contribution in [0.1, 0.15) is 43.0 Å². The number of pyridine rings is 1. The van der Waals surface area contributed by atoms with E-state index in [2.05, 4.69) is 16.8 Å². The number of carbonyl (C=O) groups excluding carboxylic acids is 1. The van der Waals surface area contributed by atoms with Gasteiger partial charge in [-0.3, -0.25) is 9.78 Å². The lowest BCUT2D eigenvalue weighted by Gasteiger charge is -2.42. The fourth-order valence-electron chi connectivity index (χ4n) is 4.58. The standard InChI is InChI=1S/C20H24N2O2/c1-20-9-10-22(18(20)8-7-16(12-20)24-2)19(23)15-11-14-5-3-4-6-17(14)21-13-15/h3-6,11,13,16,18H,7-10,12H2,1-2H3/t16-,18-,20+/m1/s1. The summed E-state index contributed by atoms with van der Waals surface area (Å²) in [5.41, 5.74) is 1.81. The van der Waals surface area contributed by atoms with Crippen LogP contribution in [0.15, 0.2) is 36.5 Å². The number of benzene rings is 1. The van der Waals surface area contributed by atoms with Crippen LogP contribution in [0.5, 0.6) is 0 Å². The Morgan fingerprint density at radius 2 is 2.17 bits per heavy atom. The second-order valence-corrected chi connectivity index (χ2v) is 7.47. The highest BCUT2D eigenvalue weighted by molar-refractivity contribution is 5.97. The van der Waals surface area contributed by atoms with E-state index in [0.29, 0.717) is 17.7 Å². The molecule has 1 amide bonds. The Morgan fingerprint density at radius 3 is 3.00 bits per heavy atom. The van der Waals surface area contributed by atoms with Crippen molar-refractivity contribution in [2.75, 3.05) is 13.7 Å². The maximum Gasteiger partial charge on any atom is 0.255 e. The SMILES string of the molecule is CO[C@@H]1CC[C@H]2N(C(=O)c3cnc4ccccc4c3)CC[C@@]2(C)C1. The molecule has 1 saturated carbocycles. The van der Waals surface area contributed by atoms with Gasteiger partial charge in [-0.1, -0.05) is 25.1 Å². The smallest absolute Gasteiger partial charge is 0.255 e. The quantitative estimate of drug-likeness (QED) is 0.847. The third-order valence-electron chi connectivity index (χ3n) is 5.99. The van der Waals surface area contributed by atoms with E-state index in [9.17, 15) is 4.79 Å². The zero-order valence-corrected chi connectivity index (χ0v) is 14.4. The Kier molecular flexibility index (Phi) is 3.80. The first-order valence-corrected chi connectivity index (χ1v) is 8.79. The molecule has 4 rings (SSSR count). The number of ether oxygens (including phenoxy) is 1. The Hall–Kier alpha value is -1.94. The first-order chi connectivity index (χ1) is 11.6. The molecular weight excluding hydrogens is 300 g/mol. The number of aromatic nitrogens is 1. The number of hydrogen-bond donors (Lipinski definition) is 0. The number of amides is 1. The second kappa shape index (κ2) is 5.85. The van der Waals surface area contributed by atoms with E-state index in [-0.39, 0.29) is 11.3 Å². The summed E-state index contributed by atoms with van der Waals surface area (Å²) in [6, 6.07) is 10.2. The average molecular weight is 324 g/mol. The summed E-state index contributed by atoms with van der Waals surface area (Å²) in [5.74, 6) is 0.123. The molecule has 2 fully saturated rings. The van der Waals surface area contributed by atoms with Crippen LogP contribution in [0.4, 0.5) is 0 Å². The molecule has 0 spiro atoms. The number of carbonyl (C=O) groups is 1. The highest BCUT2D eigenvalue weighted by atomic mass is 16.5. The van der Waals surface area contributed by atoms with E-state index in [0.717, 1.165) is 43.1 Å². The molecule has 0 N–H and O–H groups in total. The number of hydrogen-bond acceptors (Lipinski definition) is 3. The Morgan fingerprint density at radius 1 is 1.33 bits per heavy atom. The van der Waals surface area contributed by atoms with Gasteiger partial charge >= 0.3 is 0 Å². The number of likely N-dealkylation sites (tertiary alicyclic amines) is 1. The van der Waals surface area contributed by atoms with Gasteiger partial charge in [0.05, 0.1) is 17.2 Å². The molecule has 24 heavy (non-hydrogen) atoms. The summed E-state index contributed by atoms with van der Waals surface area (Å²) in [4.78, 5) is 19.6. The fraction of sp³-hybridized carbons (Fsp3) is 0.500. The molecule has 2 heterocycles. The lowest BCUT2D eigenvalue weighted by atomic mass is 9.71. The van der Waals surface area contributed by atoms with Crippen molar-refractivity contribution in [3.05, 3.63) is 42.1 Å². The number of rotatable bonds is 2. The highest BCUT2D eigenvalue weighted by Gasteiger charge is 2.49. The van der Waals surface area contributed by atoms with Gasteiger partial charge in [0.2, 0.25) is 0 Å². The minimum atomic E-state index is 0.123. The third kappa shape index (κ3) is 2.49. The fourth-order valence-corrected chi connectivity index (χ4v) is 4.58. The van der Waals surface area contributed by atoms with Gasteiger partial charge < -0.3 is 9.64 Å². The summed E-state index contributed by atoms with van der Waals surface area (Å²) in [7, 11) is 1.80. The van der Waals surface area contributed by atoms with Crippen molar-refractivity contribution in [1.82, 2.24) is 9.88 Å². The summed E-state index contributed by atoms with van der Waals surface area (Å²) < 4.78 is 5.58. The molecule has 4 nitrogen and oxygen atoms in total. The number of nitrogens with zero attached hydrogens (tertiary/aromatic N) is 2. The van der Waals surface area contributed by atoms with E-state index < -0.39 is 0 Å². The highest BCUT2D eigenvalue weighted by Crippen LogP contribution is 2.47. The van der Waals surface area contributed by atoms with Crippen LogP contribution < -0.4 is 0 Å². The van der Waals surface area contributed by atoms with Crippen molar-refractivity contribution >= 4 is 16.8 Å². The zero-order chi connectivity index (χ0) is 16.7. The van der Waals surface area contributed by atoms with Crippen molar-refractivity contribution in [1.29, 1.82) is 0 Å². The number of fused-ring (bicyclic) bond motifs is 2. The van der Waals surface area contributed by atoms with Gasteiger partial charge in [-0.25, -0.2) is 0 Å². The Balaban J connectivity index is 1.60. The molecule has 1 aliphatic heterocycles. The molecule has 0 bridgehead atoms. The van der Waals surface area contributed by atoms with E-state index in [4.69, 9.17) is 4.74 Å². The monoisotopic (exact) mass is 324 g/mol. The second-order valence-electron chi connectivity index (χ2n) is 7.47. The molecule has 2 aliphatic rings. The van der Waals surface area contributed by atoms with Gasteiger partial charge in [0.15, 0.2) is 0 Å². The Bertz CT molecular complexity index is 775. The van der Waals surface area contributed by atoms with Gasteiger partial charge in [-0.2, -0.15) is 0 Å². The summed E-state index contributed by atoms with van der Waals surface area (Å²) in [6.45, 7) is 3.15. The van der Waals surface area contributed by atoms with E-state index in [1.54, 1.807) is 13.3 Å². The molecule has 1 aromatic carbocycles. The van der Waals surface area contributed by atoms with Crippen molar-refractivity contribution in [2.24, 2.45) is 5.41 Å². The minimum Gasteiger partial charge on any atom is -0.381 e. The van der Waals surface area contributed by atoms with Crippen molar-refractivity contribution in [3.8, 4) is 0 Å². The predicted octanol–water partition coefficient (Wildman–Crippen LogP) is 3.65. The van der Waals surface area contributed by atoms with Crippen LogP contribution in [0, 0.1) is 5.41 Å². The van der Waals surface area contributed by atoms with Gasteiger partial charge in [-0.15, -0.1) is 0 Å². The third-order valence-corrected chi connectivity index (χ3v) is 5.99. The zero-order valence-electron chi connectivity index (χ0n) is 14.4. The van der Waals surface area contributed by atoms with Crippen LogP contribution in [0.25, 0.3) is 10.9 Å². The molecule has 3 atom stereocenters. The first kappa shape index (κ1) is 15.6. The molecule has 1 aliphatic carbocycles. The van der Waals surface area contributed by atoms with E-state index in [1.165, 1.54) is 0 Å². The van der Waals surface area contributed by atoms with Crippen LogP contribution in [-0.2, 0) is 4.74 Å². The maximum absolute atomic E-state index is 13.1. The predicted molar refractivity (Wildman–Crippen MR) is 93.9 cm³/mol. The first-order valence-electron chi connectivity index (χ1n) is 8.79. The Labute approximate surface area is 142 Å². The lowest BCUT2D eigenvalue weighted by molar-refractivity contribution is -0.00277. The van der Waals surface area contributed by atoms with Gasteiger partial charge in [-0.05, 0) is 43.2 Å². The van der Waals surface area contributed by atoms with E-state index in [1.807, 2.05) is 30.3 Å². The van der Waals surface area contributed by atoms with Crippen molar-refractivity contribution in [3.63, 3.8) is 0 Å². The molecule has 0 radical (unpaired) electrons. The lowest BCUT2D eigenvalue weighted by Crippen LogP contribution is -2.46. The van der Waals surface area contributed by atoms with Gasteiger partial charge in [0, 0.05) is 31.3 Å². The molecule has 2 aromatic rings. The molecule has 126 valence electrons. The molecule has 1 aromatic heterocycles. The molecule has 0 unspecified atom stereocenters. The van der Waals surface area contributed by atoms with Crippen LogP contribution in [0.3, 0.4) is 0 Å².